The lowest BCUT2D eigenvalue weighted by Crippen LogP contribution is -2.18. The van der Waals surface area contributed by atoms with Crippen molar-refractivity contribution >= 4 is 17.8 Å². The summed E-state index contributed by atoms with van der Waals surface area (Å²) in [4.78, 5) is 0. The van der Waals surface area contributed by atoms with E-state index in [-0.39, 0.29) is 0 Å². The number of aryl methyl sites for hydroxylation is 1. The minimum atomic E-state index is -2.48. The zero-order valence-electron chi connectivity index (χ0n) is 11.4. The highest BCUT2D eigenvalue weighted by atomic mass is 31.2. The molecule has 0 amide bonds. The van der Waals surface area contributed by atoms with E-state index in [1.165, 1.54) is 11.1 Å². The first kappa shape index (κ1) is 13.1. The molecule has 2 heteroatoms. The maximum absolute atomic E-state index is 13.1. The molecule has 2 rings (SSSR count). The first-order valence-corrected chi connectivity index (χ1v) is 8.30. The number of rotatable bonds is 2. The molecule has 2 aromatic carbocycles. The van der Waals surface area contributed by atoms with Crippen LogP contribution in [0.4, 0.5) is 0 Å². The second-order valence-corrected chi connectivity index (χ2v) is 7.76. The van der Waals surface area contributed by atoms with E-state index in [9.17, 15) is 4.57 Å². The first-order chi connectivity index (χ1) is 8.44. The lowest BCUT2D eigenvalue weighted by atomic mass is 10.1. The lowest BCUT2D eigenvalue weighted by molar-refractivity contribution is 0.590. The molecule has 18 heavy (non-hydrogen) atoms. The zero-order valence-corrected chi connectivity index (χ0v) is 12.3. The van der Waals surface area contributed by atoms with E-state index in [0.717, 1.165) is 16.2 Å². The van der Waals surface area contributed by atoms with Crippen LogP contribution in [-0.4, -0.2) is 6.66 Å². The molecule has 1 unspecified atom stereocenters. The summed E-state index contributed by atoms with van der Waals surface area (Å²) in [6.07, 6.45) is 0. The van der Waals surface area contributed by atoms with Gasteiger partial charge in [0, 0.05) is 10.6 Å². The smallest absolute Gasteiger partial charge is 0.140 e. The summed E-state index contributed by atoms with van der Waals surface area (Å²) in [7, 11) is -2.48. The van der Waals surface area contributed by atoms with Gasteiger partial charge in [-0.15, -0.1) is 0 Å². The average Bonchev–Trinajstić information content (AvgIpc) is 2.37. The summed E-state index contributed by atoms with van der Waals surface area (Å²) in [6, 6.07) is 13.8. The summed E-state index contributed by atoms with van der Waals surface area (Å²) in [5, 5.41) is 1.91. The fraction of sp³-hybridized carbons (Fsp3) is 0.250. The molecular weight excluding hydrogens is 239 g/mol. The minimum Gasteiger partial charge on any atom is -0.314 e. The van der Waals surface area contributed by atoms with Crippen molar-refractivity contribution in [3.05, 3.63) is 59.2 Å². The Morgan fingerprint density at radius 3 is 2.06 bits per heavy atom. The van der Waals surface area contributed by atoms with Crippen LogP contribution in [0.3, 0.4) is 0 Å². The topological polar surface area (TPSA) is 17.1 Å². The van der Waals surface area contributed by atoms with Crippen LogP contribution in [0.5, 0.6) is 0 Å². The van der Waals surface area contributed by atoms with Gasteiger partial charge in [0.1, 0.15) is 7.14 Å². The van der Waals surface area contributed by atoms with Crippen molar-refractivity contribution in [1.29, 1.82) is 0 Å². The van der Waals surface area contributed by atoms with Crippen LogP contribution in [0.2, 0.25) is 0 Å². The molecule has 1 atom stereocenters. The van der Waals surface area contributed by atoms with E-state index >= 15 is 0 Å². The predicted molar refractivity (Wildman–Crippen MR) is 79.9 cm³/mol. The molecule has 0 bridgehead atoms. The van der Waals surface area contributed by atoms with Crippen molar-refractivity contribution in [3.63, 3.8) is 0 Å². The van der Waals surface area contributed by atoms with Gasteiger partial charge in [-0.2, -0.15) is 0 Å². The molecule has 1 nitrogen and oxygen atoms in total. The Morgan fingerprint density at radius 2 is 1.44 bits per heavy atom. The minimum absolute atomic E-state index is 0.927. The summed E-state index contributed by atoms with van der Waals surface area (Å²) in [5.74, 6) is 0. The van der Waals surface area contributed by atoms with Gasteiger partial charge in [-0.05, 0) is 44.1 Å². The highest BCUT2D eigenvalue weighted by Gasteiger charge is 2.23. The lowest BCUT2D eigenvalue weighted by Gasteiger charge is -2.18. The van der Waals surface area contributed by atoms with Crippen LogP contribution in [0, 0.1) is 20.8 Å². The molecule has 94 valence electrons. The van der Waals surface area contributed by atoms with Gasteiger partial charge in [-0.1, -0.05) is 42.5 Å². The molecule has 0 aliphatic carbocycles. The van der Waals surface area contributed by atoms with E-state index < -0.39 is 7.14 Å². The summed E-state index contributed by atoms with van der Waals surface area (Å²) in [6.45, 7) is 8.12. The Hall–Kier alpha value is -1.33. The van der Waals surface area contributed by atoms with Gasteiger partial charge in [0.15, 0.2) is 0 Å². The predicted octanol–water partition coefficient (Wildman–Crippen LogP) is 3.56. The van der Waals surface area contributed by atoms with Gasteiger partial charge >= 0.3 is 0 Å². The monoisotopic (exact) mass is 258 g/mol. The van der Waals surface area contributed by atoms with Crippen molar-refractivity contribution < 1.29 is 4.57 Å². The van der Waals surface area contributed by atoms with Crippen LogP contribution >= 0.6 is 7.14 Å². The van der Waals surface area contributed by atoms with Crippen molar-refractivity contribution in [2.75, 3.05) is 6.66 Å². The van der Waals surface area contributed by atoms with Crippen LogP contribution in [0.15, 0.2) is 42.5 Å². The first-order valence-electron chi connectivity index (χ1n) is 6.15. The molecule has 0 fully saturated rings. The van der Waals surface area contributed by atoms with Crippen LogP contribution in [0.25, 0.3) is 0 Å². The molecule has 0 N–H and O–H groups in total. The molecule has 0 saturated carbocycles. The molecule has 0 saturated heterocycles. The third kappa shape index (κ3) is 2.15. The number of hydrogen-bond acceptors (Lipinski definition) is 1. The molecule has 0 aliphatic rings. The third-order valence-electron chi connectivity index (χ3n) is 3.74. The molecule has 0 radical (unpaired) electrons. The van der Waals surface area contributed by atoms with Crippen LogP contribution < -0.4 is 10.6 Å². The van der Waals surface area contributed by atoms with Gasteiger partial charge in [-0.3, -0.25) is 0 Å². The van der Waals surface area contributed by atoms with E-state index in [4.69, 9.17) is 0 Å². The fourth-order valence-corrected chi connectivity index (χ4v) is 4.44. The average molecular weight is 258 g/mol. The third-order valence-corrected chi connectivity index (χ3v) is 6.43. The summed E-state index contributed by atoms with van der Waals surface area (Å²) in [5.41, 5.74) is 3.65. The maximum atomic E-state index is 13.1. The van der Waals surface area contributed by atoms with E-state index in [1.54, 1.807) is 0 Å². The van der Waals surface area contributed by atoms with E-state index in [0.29, 0.717) is 0 Å². The molecule has 0 spiro atoms. The van der Waals surface area contributed by atoms with Crippen molar-refractivity contribution in [2.24, 2.45) is 0 Å². The quantitative estimate of drug-likeness (QED) is 0.753. The fourth-order valence-electron chi connectivity index (χ4n) is 2.26. The Balaban J connectivity index is 2.62. The maximum Gasteiger partial charge on any atom is 0.140 e. The Morgan fingerprint density at radius 1 is 0.833 bits per heavy atom. The van der Waals surface area contributed by atoms with Gasteiger partial charge < -0.3 is 4.57 Å². The van der Waals surface area contributed by atoms with Crippen molar-refractivity contribution in [2.45, 2.75) is 20.8 Å². The standard InChI is InChI=1S/C16H19OP/c1-12-10-11-16(14(3)13(12)2)18(4,17)15-8-6-5-7-9-15/h5-11H,1-4H3. The van der Waals surface area contributed by atoms with Crippen molar-refractivity contribution in [3.8, 4) is 0 Å². The summed E-state index contributed by atoms with van der Waals surface area (Å²) >= 11 is 0. The molecule has 0 aromatic heterocycles. The van der Waals surface area contributed by atoms with E-state index in [2.05, 4.69) is 26.8 Å². The number of benzene rings is 2. The Labute approximate surface area is 109 Å². The van der Waals surface area contributed by atoms with Crippen LogP contribution in [0.1, 0.15) is 16.7 Å². The zero-order chi connectivity index (χ0) is 13.3. The highest BCUT2D eigenvalue weighted by Crippen LogP contribution is 2.40. The summed E-state index contributed by atoms with van der Waals surface area (Å²) < 4.78 is 13.1. The molecule has 0 heterocycles. The SMILES string of the molecule is Cc1ccc(P(C)(=O)c2ccccc2)c(C)c1C. The molecule has 2 aromatic rings. The normalized spacial score (nSPS) is 14.2. The molecular formula is C16H19OP. The largest absolute Gasteiger partial charge is 0.314 e. The number of hydrogen-bond donors (Lipinski definition) is 0. The van der Waals surface area contributed by atoms with Gasteiger partial charge in [0.2, 0.25) is 0 Å². The Kier molecular flexibility index (Phi) is 3.45. The van der Waals surface area contributed by atoms with Crippen LogP contribution in [-0.2, 0) is 4.57 Å². The molecule has 0 aliphatic heterocycles. The second-order valence-electron chi connectivity index (χ2n) is 4.91. The van der Waals surface area contributed by atoms with Gasteiger partial charge in [0.25, 0.3) is 0 Å². The highest BCUT2D eigenvalue weighted by molar-refractivity contribution is 7.78. The Bertz CT molecular complexity index is 614. The van der Waals surface area contributed by atoms with Gasteiger partial charge in [-0.25, -0.2) is 0 Å². The van der Waals surface area contributed by atoms with Gasteiger partial charge in [0.05, 0.1) is 0 Å². The second kappa shape index (κ2) is 4.74. The van der Waals surface area contributed by atoms with Crippen molar-refractivity contribution in [1.82, 2.24) is 0 Å². The van der Waals surface area contributed by atoms with E-state index in [1.807, 2.05) is 43.1 Å².